The highest BCUT2D eigenvalue weighted by Gasteiger charge is 2.11. The van der Waals surface area contributed by atoms with Gasteiger partial charge in [0.2, 0.25) is 0 Å². The van der Waals surface area contributed by atoms with E-state index in [4.69, 9.17) is 27.9 Å². The molecule has 4 heteroatoms. The first-order valence-electron chi connectivity index (χ1n) is 5.82. The molecule has 2 aromatic carbocycles. The first-order chi connectivity index (χ1) is 9.10. The molecule has 1 atom stereocenters. The Hall–Kier alpha value is -0.700. The summed E-state index contributed by atoms with van der Waals surface area (Å²) in [4.78, 5) is 0.206. The van der Waals surface area contributed by atoms with Gasteiger partial charge in [-0.2, -0.15) is 0 Å². The van der Waals surface area contributed by atoms with Gasteiger partial charge in [0.1, 0.15) is 5.75 Å². The van der Waals surface area contributed by atoms with Crippen molar-refractivity contribution in [1.29, 1.82) is 0 Å². The summed E-state index contributed by atoms with van der Waals surface area (Å²) < 4.78 is 5.15. The van der Waals surface area contributed by atoms with Crippen molar-refractivity contribution in [1.82, 2.24) is 0 Å². The monoisotopic (exact) mass is 358 g/mol. The lowest BCUT2D eigenvalue weighted by Gasteiger charge is -2.12. The van der Waals surface area contributed by atoms with Crippen LogP contribution < -0.4 is 4.74 Å². The molecule has 0 fully saturated rings. The molecule has 0 amide bonds. The lowest BCUT2D eigenvalue weighted by Crippen LogP contribution is -1.96. The van der Waals surface area contributed by atoms with Crippen molar-refractivity contribution in [3.8, 4) is 5.75 Å². The molecule has 1 unspecified atom stereocenters. The molecule has 0 N–H and O–H groups in total. The molecule has 0 saturated carbocycles. The van der Waals surface area contributed by atoms with Crippen LogP contribution in [0.4, 0.5) is 0 Å². The maximum atomic E-state index is 6.13. The zero-order chi connectivity index (χ0) is 13.8. The Balaban J connectivity index is 2.13. The molecule has 19 heavy (non-hydrogen) atoms. The van der Waals surface area contributed by atoms with E-state index < -0.39 is 0 Å². The van der Waals surface area contributed by atoms with Crippen molar-refractivity contribution in [2.75, 3.05) is 7.11 Å². The minimum atomic E-state index is 0.206. The van der Waals surface area contributed by atoms with Gasteiger partial charge in [-0.05, 0) is 41.8 Å². The fourth-order valence-corrected chi connectivity index (χ4v) is 2.87. The fraction of sp³-hybridized carbons (Fsp3) is 0.200. The summed E-state index contributed by atoms with van der Waals surface area (Å²) in [6.45, 7) is 0. The van der Waals surface area contributed by atoms with E-state index >= 15 is 0 Å². The summed E-state index contributed by atoms with van der Waals surface area (Å²) >= 11 is 15.7. The maximum absolute atomic E-state index is 6.13. The number of benzene rings is 2. The summed E-state index contributed by atoms with van der Waals surface area (Å²) in [7, 11) is 1.61. The average Bonchev–Trinajstić information content (AvgIpc) is 2.41. The highest BCUT2D eigenvalue weighted by molar-refractivity contribution is 9.09. The largest absolute Gasteiger partial charge is 0.495 e. The van der Waals surface area contributed by atoms with Crippen molar-refractivity contribution >= 4 is 39.1 Å². The van der Waals surface area contributed by atoms with Gasteiger partial charge in [0.15, 0.2) is 0 Å². The van der Waals surface area contributed by atoms with Gasteiger partial charge in [-0.25, -0.2) is 0 Å². The molecule has 0 radical (unpaired) electrons. The summed E-state index contributed by atoms with van der Waals surface area (Å²) in [5, 5.41) is 1.38. The topological polar surface area (TPSA) is 9.23 Å². The first kappa shape index (κ1) is 14.7. The third-order valence-electron chi connectivity index (χ3n) is 2.87. The van der Waals surface area contributed by atoms with E-state index in [9.17, 15) is 0 Å². The molecule has 2 rings (SSSR count). The van der Waals surface area contributed by atoms with Crippen molar-refractivity contribution in [2.24, 2.45) is 0 Å². The number of ether oxygens (including phenoxy) is 1. The third kappa shape index (κ3) is 3.88. The van der Waals surface area contributed by atoms with Crippen molar-refractivity contribution < 1.29 is 4.74 Å². The van der Waals surface area contributed by atoms with Crippen molar-refractivity contribution in [2.45, 2.75) is 11.2 Å². The molecule has 0 aliphatic carbocycles. The standard InChI is InChI=1S/C15H13BrCl2O/c1-19-15-7-4-11(9-14(15)18)13(16)8-10-2-5-12(17)6-3-10/h2-7,9,13H,8H2,1H3. The zero-order valence-corrected chi connectivity index (χ0v) is 13.5. The van der Waals surface area contributed by atoms with Crippen LogP contribution in [0.25, 0.3) is 0 Å². The Labute approximate surface area is 131 Å². The van der Waals surface area contributed by atoms with E-state index in [1.165, 1.54) is 5.56 Å². The van der Waals surface area contributed by atoms with Crippen LogP contribution >= 0.6 is 39.1 Å². The summed E-state index contributed by atoms with van der Waals surface area (Å²) in [6, 6.07) is 13.7. The lowest BCUT2D eigenvalue weighted by molar-refractivity contribution is 0.415. The van der Waals surface area contributed by atoms with Gasteiger partial charge in [-0.15, -0.1) is 0 Å². The van der Waals surface area contributed by atoms with Crippen LogP contribution in [0.15, 0.2) is 42.5 Å². The zero-order valence-electron chi connectivity index (χ0n) is 10.4. The summed E-state index contributed by atoms with van der Waals surface area (Å²) in [5.74, 6) is 0.691. The van der Waals surface area contributed by atoms with E-state index in [0.717, 1.165) is 17.0 Å². The van der Waals surface area contributed by atoms with Gasteiger partial charge in [0.25, 0.3) is 0 Å². The number of halogens is 3. The molecule has 2 aromatic rings. The van der Waals surface area contributed by atoms with Gasteiger partial charge < -0.3 is 4.74 Å². The molecule has 0 aromatic heterocycles. The molecule has 0 aliphatic rings. The van der Waals surface area contributed by atoms with E-state index in [1.807, 2.05) is 42.5 Å². The van der Waals surface area contributed by atoms with Crippen LogP contribution in [0.2, 0.25) is 10.0 Å². The molecule has 0 heterocycles. The van der Waals surface area contributed by atoms with Gasteiger partial charge in [-0.3, -0.25) is 0 Å². The minimum Gasteiger partial charge on any atom is -0.495 e. The molecular formula is C15H13BrCl2O. The molecule has 0 spiro atoms. The number of hydrogen-bond acceptors (Lipinski definition) is 1. The summed E-state index contributed by atoms with van der Waals surface area (Å²) in [6.07, 6.45) is 0.875. The van der Waals surface area contributed by atoms with Gasteiger partial charge in [-0.1, -0.05) is 57.3 Å². The average molecular weight is 360 g/mol. The molecule has 1 nitrogen and oxygen atoms in total. The van der Waals surface area contributed by atoms with E-state index in [0.29, 0.717) is 10.8 Å². The predicted octanol–water partition coefficient (Wildman–Crippen LogP) is 5.68. The second-order valence-corrected chi connectivity index (χ2v) is 6.14. The molecular weight excluding hydrogens is 347 g/mol. The molecule has 100 valence electrons. The molecule has 0 aliphatic heterocycles. The highest BCUT2D eigenvalue weighted by atomic mass is 79.9. The van der Waals surface area contributed by atoms with Crippen LogP contribution in [0, 0.1) is 0 Å². The summed E-state index contributed by atoms with van der Waals surface area (Å²) in [5.41, 5.74) is 2.35. The van der Waals surface area contributed by atoms with Crippen LogP contribution in [0.1, 0.15) is 16.0 Å². The van der Waals surface area contributed by atoms with E-state index in [1.54, 1.807) is 7.11 Å². The van der Waals surface area contributed by atoms with Gasteiger partial charge >= 0.3 is 0 Å². The smallest absolute Gasteiger partial charge is 0.137 e. The number of rotatable bonds is 4. The Morgan fingerprint density at radius 2 is 1.79 bits per heavy atom. The Bertz CT molecular complexity index is 555. The number of hydrogen-bond donors (Lipinski definition) is 0. The highest BCUT2D eigenvalue weighted by Crippen LogP contribution is 2.33. The molecule has 0 bridgehead atoms. The lowest BCUT2D eigenvalue weighted by atomic mass is 10.0. The third-order valence-corrected chi connectivity index (χ3v) is 4.27. The second-order valence-electron chi connectivity index (χ2n) is 4.19. The van der Waals surface area contributed by atoms with Crippen LogP contribution in [0.3, 0.4) is 0 Å². The number of alkyl halides is 1. The quantitative estimate of drug-likeness (QED) is 0.638. The number of methoxy groups -OCH3 is 1. The van der Waals surface area contributed by atoms with E-state index in [-0.39, 0.29) is 4.83 Å². The van der Waals surface area contributed by atoms with Crippen molar-refractivity contribution in [3.05, 3.63) is 63.6 Å². The predicted molar refractivity (Wildman–Crippen MR) is 84.8 cm³/mol. The Kier molecular flexibility index (Phi) is 5.14. The van der Waals surface area contributed by atoms with Crippen molar-refractivity contribution in [3.63, 3.8) is 0 Å². The fourth-order valence-electron chi connectivity index (χ4n) is 1.82. The van der Waals surface area contributed by atoms with E-state index in [2.05, 4.69) is 15.9 Å². The normalized spacial score (nSPS) is 12.2. The van der Waals surface area contributed by atoms with Crippen LogP contribution in [-0.4, -0.2) is 7.11 Å². The van der Waals surface area contributed by atoms with Gasteiger partial charge in [0.05, 0.1) is 12.1 Å². The van der Waals surface area contributed by atoms with Gasteiger partial charge in [0, 0.05) is 9.85 Å². The molecule has 0 saturated heterocycles. The maximum Gasteiger partial charge on any atom is 0.137 e. The SMILES string of the molecule is COc1ccc(C(Br)Cc2ccc(Cl)cc2)cc1Cl. The van der Waals surface area contributed by atoms with Crippen LogP contribution in [-0.2, 0) is 6.42 Å². The second kappa shape index (κ2) is 6.65. The Morgan fingerprint density at radius 3 is 2.37 bits per heavy atom. The Morgan fingerprint density at radius 1 is 1.11 bits per heavy atom. The van der Waals surface area contributed by atoms with Crippen LogP contribution in [0.5, 0.6) is 5.75 Å². The first-order valence-corrected chi connectivity index (χ1v) is 7.49. The minimum absolute atomic E-state index is 0.206.